The summed E-state index contributed by atoms with van der Waals surface area (Å²) in [6.07, 6.45) is 6.93. The fraction of sp³-hybridized carbons (Fsp3) is 0.368. The number of benzene rings is 1. The van der Waals surface area contributed by atoms with Gasteiger partial charge < -0.3 is 20.3 Å². The Morgan fingerprint density at radius 1 is 1.19 bits per heavy atom. The van der Waals surface area contributed by atoms with Crippen LogP contribution in [0.25, 0.3) is 0 Å². The van der Waals surface area contributed by atoms with E-state index in [9.17, 15) is 9.59 Å². The lowest BCUT2D eigenvalue weighted by Crippen LogP contribution is -2.42. The Balaban J connectivity index is 1.43. The summed E-state index contributed by atoms with van der Waals surface area (Å²) < 4.78 is 5.17. The first-order valence-corrected chi connectivity index (χ1v) is 8.90. The highest BCUT2D eigenvalue weighted by Crippen LogP contribution is 2.23. The number of ether oxygens (including phenoxy) is 1. The molecule has 2 aromatic rings. The molecule has 0 unspecified atom stereocenters. The van der Waals surface area contributed by atoms with Crippen molar-refractivity contribution in [2.75, 3.05) is 37.0 Å². The molecule has 2 amide bonds. The van der Waals surface area contributed by atoms with Gasteiger partial charge in [0.1, 0.15) is 11.6 Å². The predicted molar refractivity (Wildman–Crippen MR) is 102 cm³/mol. The molecule has 0 bridgehead atoms. The Labute approximate surface area is 158 Å². The van der Waals surface area contributed by atoms with E-state index in [-0.39, 0.29) is 0 Å². The molecule has 0 radical (unpaired) electrons. The number of methoxy groups -OCH3 is 1. The minimum absolute atomic E-state index is 0.334. The molecule has 3 rings (SSSR count). The van der Waals surface area contributed by atoms with E-state index in [1.54, 1.807) is 42.9 Å². The van der Waals surface area contributed by atoms with E-state index in [0.29, 0.717) is 23.9 Å². The smallest absolute Gasteiger partial charge is 0.313 e. The number of amides is 2. The number of nitrogens with one attached hydrogen (secondary N) is 2. The Hall–Kier alpha value is -3.16. The zero-order valence-corrected chi connectivity index (χ0v) is 15.2. The van der Waals surface area contributed by atoms with Gasteiger partial charge in [0.15, 0.2) is 0 Å². The third-order valence-electron chi connectivity index (χ3n) is 4.60. The molecule has 0 saturated carbocycles. The zero-order chi connectivity index (χ0) is 19.1. The molecule has 1 saturated heterocycles. The summed E-state index contributed by atoms with van der Waals surface area (Å²) in [5, 5.41) is 5.30. The molecule has 2 N–H and O–H groups in total. The maximum Gasteiger partial charge on any atom is 0.313 e. The maximum atomic E-state index is 12.1. The van der Waals surface area contributed by atoms with Gasteiger partial charge in [0, 0.05) is 32.0 Å². The minimum atomic E-state index is -0.698. The van der Waals surface area contributed by atoms with Crippen LogP contribution in [0.2, 0.25) is 0 Å². The van der Waals surface area contributed by atoms with Gasteiger partial charge in [-0.15, -0.1) is 0 Å². The molecule has 1 fully saturated rings. The van der Waals surface area contributed by atoms with Crippen LogP contribution in [0.4, 0.5) is 11.5 Å². The molecule has 1 aromatic carbocycles. The molecule has 142 valence electrons. The van der Waals surface area contributed by atoms with Crippen LogP contribution in [0.5, 0.6) is 5.75 Å². The molecule has 0 spiro atoms. The van der Waals surface area contributed by atoms with Crippen molar-refractivity contribution >= 4 is 23.3 Å². The molecule has 27 heavy (non-hydrogen) atoms. The van der Waals surface area contributed by atoms with Crippen molar-refractivity contribution in [3.8, 4) is 5.75 Å². The molecule has 0 atom stereocenters. The van der Waals surface area contributed by atoms with Crippen LogP contribution in [0.15, 0.2) is 42.9 Å². The van der Waals surface area contributed by atoms with E-state index in [4.69, 9.17) is 4.74 Å². The van der Waals surface area contributed by atoms with Crippen molar-refractivity contribution in [1.82, 2.24) is 15.3 Å². The van der Waals surface area contributed by atoms with Gasteiger partial charge in [-0.2, -0.15) is 0 Å². The first-order valence-electron chi connectivity index (χ1n) is 8.90. The summed E-state index contributed by atoms with van der Waals surface area (Å²) in [6, 6.07) is 6.97. The summed E-state index contributed by atoms with van der Waals surface area (Å²) in [5.41, 5.74) is 0.470. The highest BCUT2D eigenvalue weighted by molar-refractivity contribution is 6.39. The highest BCUT2D eigenvalue weighted by Gasteiger charge is 2.22. The van der Waals surface area contributed by atoms with Crippen molar-refractivity contribution < 1.29 is 14.3 Å². The number of nitrogens with zero attached hydrogens (tertiary/aromatic N) is 3. The first kappa shape index (κ1) is 18.6. The highest BCUT2D eigenvalue weighted by atomic mass is 16.5. The third kappa shape index (κ3) is 4.93. The van der Waals surface area contributed by atoms with Gasteiger partial charge in [-0.25, -0.2) is 4.98 Å². The van der Waals surface area contributed by atoms with Gasteiger partial charge in [0.2, 0.25) is 0 Å². The van der Waals surface area contributed by atoms with Gasteiger partial charge in [0.25, 0.3) is 0 Å². The number of anilines is 2. The molecular weight excluding hydrogens is 346 g/mol. The number of hydrogen-bond acceptors (Lipinski definition) is 6. The Bertz CT molecular complexity index is 776. The van der Waals surface area contributed by atoms with Crippen LogP contribution in [-0.2, 0) is 9.59 Å². The van der Waals surface area contributed by atoms with Crippen LogP contribution in [-0.4, -0.2) is 48.5 Å². The molecule has 0 aliphatic carbocycles. The standard InChI is InChI=1S/C19H23N5O3/c1-27-16-5-3-2-4-15(16)23-19(26)18(25)22-12-14-6-10-24(11-7-14)17-13-20-8-9-21-17/h2-5,8-9,13-14H,6-7,10-12H2,1H3,(H,22,25)(H,23,26). The monoisotopic (exact) mass is 369 g/mol. The second-order valence-electron chi connectivity index (χ2n) is 6.36. The first-order chi connectivity index (χ1) is 13.2. The summed E-state index contributed by atoms with van der Waals surface area (Å²) in [5.74, 6) is 0.376. The zero-order valence-electron chi connectivity index (χ0n) is 15.2. The van der Waals surface area contributed by atoms with Crippen LogP contribution < -0.4 is 20.3 Å². The molecular formula is C19H23N5O3. The van der Waals surface area contributed by atoms with Gasteiger partial charge in [-0.05, 0) is 30.9 Å². The number of hydrogen-bond donors (Lipinski definition) is 2. The Kier molecular flexibility index (Phi) is 6.19. The molecule has 8 nitrogen and oxygen atoms in total. The van der Waals surface area contributed by atoms with E-state index < -0.39 is 11.8 Å². The summed E-state index contributed by atoms with van der Waals surface area (Å²) in [6.45, 7) is 2.19. The molecule has 1 aromatic heterocycles. The molecule has 8 heteroatoms. The Morgan fingerprint density at radius 3 is 2.67 bits per heavy atom. The number of carbonyl (C=O) groups excluding carboxylic acids is 2. The third-order valence-corrected chi connectivity index (χ3v) is 4.60. The molecule has 1 aliphatic rings. The quantitative estimate of drug-likeness (QED) is 0.775. The van der Waals surface area contributed by atoms with Crippen LogP contribution in [0.1, 0.15) is 12.8 Å². The minimum Gasteiger partial charge on any atom is -0.495 e. The fourth-order valence-electron chi connectivity index (χ4n) is 3.07. The molecule has 2 heterocycles. The van der Waals surface area contributed by atoms with Crippen molar-refractivity contribution in [1.29, 1.82) is 0 Å². The second-order valence-corrected chi connectivity index (χ2v) is 6.36. The summed E-state index contributed by atoms with van der Waals surface area (Å²) in [4.78, 5) is 34.8. The fourth-order valence-corrected chi connectivity index (χ4v) is 3.07. The van der Waals surface area contributed by atoms with Gasteiger partial charge in [0.05, 0.1) is 19.0 Å². The number of aromatic nitrogens is 2. The van der Waals surface area contributed by atoms with Crippen molar-refractivity contribution in [3.05, 3.63) is 42.9 Å². The topological polar surface area (TPSA) is 96.4 Å². The summed E-state index contributed by atoms with van der Waals surface area (Å²) in [7, 11) is 1.51. The van der Waals surface area contributed by atoms with E-state index >= 15 is 0 Å². The van der Waals surface area contributed by atoms with Crippen LogP contribution in [0.3, 0.4) is 0 Å². The van der Waals surface area contributed by atoms with Gasteiger partial charge in [-0.3, -0.25) is 14.6 Å². The number of piperidine rings is 1. The lowest BCUT2D eigenvalue weighted by Gasteiger charge is -2.32. The van der Waals surface area contributed by atoms with Crippen LogP contribution in [0, 0.1) is 5.92 Å². The number of carbonyl (C=O) groups is 2. The van der Waals surface area contributed by atoms with E-state index in [0.717, 1.165) is 31.7 Å². The average Bonchev–Trinajstić information content (AvgIpc) is 2.73. The molecule has 1 aliphatic heterocycles. The predicted octanol–water partition coefficient (Wildman–Crippen LogP) is 1.46. The van der Waals surface area contributed by atoms with Crippen molar-refractivity contribution in [2.45, 2.75) is 12.8 Å². The average molecular weight is 369 g/mol. The van der Waals surface area contributed by atoms with E-state index in [1.807, 2.05) is 0 Å². The largest absolute Gasteiger partial charge is 0.495 e. The Morgan fingerprint density at radius 2 is 1.96 bits per heavy atom. The number of rotatable bonds is 5. The lowest BCUT2D eigenvalue weighted by atomic mass is 9.97. The lowest BCUT2D eigenvalue weighted by molar-refractivity contribution is -0.136. The van der Waals surface area contributed by atoms with Gasteiger partial charge >= 0.3 is 11.8 Å². The van der Waals surface area contributed by atoms with Crippen molar-refractivity contribution in [2.24, 2.45) is 5.92 Å². The van der Waals surface area contributed by atoms with E-state index in [2.05, 4.69) is 25.5 Å². The van der Waals surface area contributed by atoms with Crippen LogP contribution >= 0.6 is 0 Å². The number of para-hydroxylation sites is 2. The normalized spacial score (nSPS) is 14.5. The van der Waals surface area contributed by atoms with Gasteiger partial charge in [-0.1, -0.05) is 12.1 Å². The SMILES string of the molecule is COc1ccccc1NC(=O)C(=O)NCC1CCN(c2cnccn2)CC1. The van der Waals surface area contributed by atoms with Crippen molar-refractivity contribution in [3.63, 3.8) is 0 Å². The maximum absolute atomic E-state index is 12.1. The summed E-state index contributed by atoms with van der Waals surface area (Å²) >= 11 is 0. The van der Waals surface area contributed by atoms with E-state index in [1.165, 1.54) is 7.11 Å². The second kappa shape index (κ2) is 8.98.